The molecule has 1 aliphatic carbocycles. The first-order valence-electron chi connectivity index (χ1n) is 5.37. The minimum absolute atomic E-state index is 0.106. The van der Waals surface area contributed by atoms with Gasteiger partial charge >= 0.3 is 0 Å². The average Bonchev–Trinajstić information content (AvgIpc) is 2.94. The highest BCUT2D eigenvalue weighted by Crippen LogP contribution is 2.42. The first kappa shape index (κ1) is 9.49. The second-order valence-corrected chi connectivity index (χ2v) is 4.00. The van der Waals surface area contributed by atoms with Gasteiger partial charge in [0.05, 0.1) is 0 Å². The van der Waals surface area contributed by atoms with Crippen LogP contribution in [0.4, 0.5) is 0 Å². The lowest BCUT2D eigenvalue weighted by atomic mass is 9.90. The van der Waals surface area contributed by atoms with Crippen LogP contribution < -0.4 is 10.6 Å². The lowest BCUT2D eigenvalue weighted by molar-refractivity contribution is -0.124. The van der Waals surface area contributed by atoms with Crippen LogP contribution in [-0.4, -0.2) is 24.0 Å². The zero-order valence-corrected chi connectivity index (χ0v) is 8.76. The molecule has 0 radical (unpaired) electrons. The standard InChI is InChI=1S/C10H17N3O/c1-3-10(7-5-6-7)8(14)12-9(13-10)11-4-2/h7H,3-6H2,1-2H3,(H2,11,12,13,14). The van der Waals surface area contributed by atoms with Crippen LogP contribution in [0.1, 0.15) is 33.1 Å². The Balaban J connectivity index is 2.19. The van der Waals surface area contributed by atoms with Gasteiger partial charge in [-0.3, -0.25) is 15.1 Å². The Morgan fingerprint density at radius 3 is 2.71 bits per heavy atom. The molecule has 1 saturated carbocycles. The molecular weight excluding hydrogens is 178 g/mol. The van der Waals surface area contributed by atoms with E-state index in [-0.39, 0.29) is 11.4 Å². The van der Waals surface area contributed by atoms with Crippen LogP contribution in [0.5, 0.6) is 0 Å². The summed E-state index contributed by atoms with van der Waals surface area (Å²) in [6.45, 7) is 4.72. The van der Waals surface area contributed by atoms with E-state index in [4.69, 9.17) is 0 Å². The Labute approximate surface area is 84.2 Å². The van der Waals surface area contributed by atoms with Crippen LogP contribution in [0.2, 0.25) is 0 Å². The Kier molecular flexibility index (Phi) is 2.21. The summed E-state index contributed by atoms with van der Waals surface area (Å²) in [7, 11) is 0. The second-order valence-electron chi connectivity index (χ2n) is 4.00. The van der Waals surface area contributed by atoms with E-state index in [1.165, 1.54) is 0 Å². The summed E-state index contributed by atoms with van der Waals surface area (Å²) in [5, 5.41) is 6.07. The number of guanidine groups is 1. The van der Waals surface area contributed by atoms with Gasteiger partial charge in [-0.1, -0.05) is 6.92 Å². The van der Waals surface area contributed by atoms with Crippen molar-refractivity contribution in [3.8, 4) is 0 Å². The Morgan fingerprint density at radius 1 is 1.50 bits per heavy atom. The van der Waals surface area contributed by atoms with Gasteiger partial charge in [0.1, 0.15) is 5.54 Å². The predicted molar refractivity (Wildman–Crippen MR) is 55.0 cm³/mol. The van der Waals surface area contributed by atoms with Crippen LogP contribution in [0.15, 0.2) is 4.99 Å². The first-order valence-corrected chi connectivity index (χ1v) is 5.37. The van der Waals surface area contributed by atoms with Crippen molar-refractivity contribution in [2.75, 3.05) is 6.54 Å². The normalized spacial score (nSPS) is 34.4. The molecule has 1 heterocycles. The zero-order chi connectivity index (χ0) is 10.2. The molecule has 0 bridgehead atoms. The third-order valence-electron chi connectivity index (χ3n) is 3.13. The summed E-state index contributed by atoms with van der Waals surface area (Å²) in [5.74, 6) is 1.28. The number of amides is 1. The monoisotopic (exact) mass is 195 g/mol. The van der Waals surface area contributed by atoms with Crippen molar-refractivity contribution in [3.63, 3.8) is 0 Å². The molecule has 1 atom stereocenters. The maximum absolute atomic E-state index is 11.8. The van der Waals surface area contributed by atoms with Crippen LogP contribution in [0.3, 0.4) is 0 Å². The summed E-state index contributed by atoms with van der Waals surface area (Å²) in [6.07, 6.45) is 3.16. The summed E-state index contributed by atoms with van der Waals surface area (Å²) in [4.78, 5) is 16.0. The zero-order valence-electron chi connectivity index (χ0n) is 8.76. The number of nitrogens with one attached hydrogen (secondary N) is 2. The van der Waals surface area contributed by atoms with Gasteiger partial charge in [0.2, 0.25) is 0 Å². The summed E-state index contributed by atoms with van der Waals surface area (Å²) in [5.41, 5.74) is -0.353. The number of hydrogen-bond donors (Lipinski definition) is 2. The highest BCUT2D eigenvalue weighted by Gasteiger charge is 2.53. The fourth-order valence-corrected chi connectivity index (χ4v) is 2.16. The quantitative estimate of drug-likeness (QED) is 0.694. The summed E-state index contributed by atoms with van der Waals surface area (Å²) >= 11 is 0. The number of carbonyl (C=O) groups excluding carboxylic acids is 1. The van der Waals surface area contributed by atoms with Crippen molar-refractivity contribution in [2.24, 2.45) is 10.9 Å². The fourth-order valence-electron chi connectivity index (χ4n) is 2.16. The van der Waals surface area contributed by atoms with Gasteiger partial charge in [0.15, 0.2) is 5.96 Å². The molecule has 0 aromatic carbocycles. The smallest absolute Gasteiger partial charge is 0.252 e. The van der Waals surface area contributed by atoms with Crippen LogP contribution in [0, 0.1) is 5.92 Å². The SMILES string of the molecule is CCN=C1NC(=O)C(CC)(C2CC2)N1. The van der Waals surface area contributed by atoms with Crippen LogP contribution >= 0.6 is 0 Å². The molecule has 1 amide bonds. The maximum atomic E-state index is 11.8. The van der Waals surface area contributed by atoms with Crippen molar-refractivity contribution < 1.29 is 4.79 Å². The van der Waals surface area contributed by atoms with Gasteiger partial charge in [0.25, 0.3) is 5.91 Å². The molecule has 4 nitrogen and oxygen atoms in total. The highest BCUT2D eigenvalue weighted by atomic mass is 16.2. The van der Waals surface area contributed by atoms with E-state index in [1.54, 1.807) is 0 Å². The largest absolute Gasteiger partial charge is 0.341 e. The van der Waals surface area contributed by atoms with Crippen molar-refractivity contribution in [1.29, 1.82) is 0 Å². The van der Waals surface area contributed by atoms with Crippen LogP contribution in [-0.2, 0) is 4.79 Å². The molecule has 0 aromatic heterocycles. The minimum atomic E-state index is -0.353. The molecular formula is C10H17N3O. The molecule has 1 aliphatic heterocycles. The molecule has 4 heteroatoms. The number of rotatable bonds is 3. The van der Waals surface area contributed by atoms with Crippen molar-refractivity contribution in [2.45, 2.75) is 38.6 Å². The van der Waals surface area contributed by atoms with Crippen molar-refractivity contribution >= 4 is 11.9 Å². The second kappa shape index (κ2) is 3.26. The third kappa shape index (κ3) is 1.29. The van der Waals surface area contributed by atoms with E-state index < -0.39 is 0 Å². The first-order chi connectivity index (χ1) is 6.73. The minimum Gasteiger partial charge on any atom is -0.341 e. The Morgan fingerprint density at radius 2 is 2.21 bits per heavy atom. The number of aliphatic imine (C=N–C) groups is 1. The van der Waals surface area contributed by atoms with Gasteiger partial charge in [0, 0.05) is 6.54 Å². The maximum Gasteiger partial charge on any atom is 0.252 e. The van der Waals surface area contributed by atoms with Gasteiger partial charge < -0.3 is 5.32 Å². The Bertz CT molecular complexity index is 283. The van der Waals surface area contributed by atoms with E-state index >= 15 is 0 Å². The lowest BCUT2D eigenvalue weighted by Crippen LogP contribution is -2.48. The predicted octanol–water partition coefficient (Wildman–Crippen LogP) is 0.640. The van der Waals surface area contributed by atoms with E-state index in [2.05, 4.69) is 22.5 Å². The fraction of sp³-hybridized carbons (Fsp3) is 0.800. The van der Waals surface area contributed by atoms with E-state index in [0.29, 0.717) is 18.4 Å². The topological polar surface area (TPSA) is 53.5 Å². The van der Waals surface area contributed by atoms with Gasteiger partial charge in [-0.25, -0.2) is 0 Å². The molecule has 78 valence electrons. The number of nitrogens with zero attached hydrogens (tertiary/aromatic N) is 1. The Hall–Kier alpha value is -1.06. The van der Waals surface area contributed by atoms with E-state index in [9.17, 15) is 4.79 Å². The average molecular weight is 195 g/mol. The van der Waals surface area contributed by atoms with E-state index in [1.807, 2.05) is 6.92 Å². The summed E-state index contributed by atoms with van der Waals surface area (Å²) < 4.78 is 0. The van der Waals surface area contributed by atoms with Gasteiger partial charge in [-0.2, -0.15) is 0 Å². The summed E-state index contributed by atoms with van der Waals surface area (Å²) in [6, 6.07) is 0. The molecule has 0 aromatic rings. The molecule has 14 heavy (non-hydrogen) atoms. The van der Waals surface area contributed by atoms with E-state index in [0.717, 1.165) is 19.3 Å². The molecule has 2 fully saturated rings. The highest BCUT2D eigenvalue weighted by molar-refractivity contribution is 6.09. The molecule has 1 unspecified atom stereocenters. The number of hydrogen-bond acceptors (Lipinski definition) is 2. The molecule has 2 N–H and O–H groups in total. The molecule has 1 saturated heterocycles. The van der Waals surface area contributed by atoms with Crippen molar-refractivity contribution in [3.05, 3.63) is 0 Å². The molecule has 0 spiro atoms. The van der Waals surface area contributed by atoms with Crippen LogP contribution in [0.25, 0.3) is 0 Å². The van der Waals surface area contributed by atoms with Crippen molar-refractivity contribution in [1.82, 2.24) is 10.6 Å². The number of carbonyl (C=O) groups is 1. The van der Waals surface area contributed by atoms with Gasteiger partial charge in [-0.05, 0) is 32.1 Å². The molecule has 2 aliphatic rings. The molecule has 2 rings (SSSR count). The third-order valence-corrected chi connectivity index (χ3v) is 3.13. The van der Waals surface area contributed by atoms with Gasteiger partial charge in [-0.15, -0.1) is 0 Å². The lowest BCUT2D eigenvalue weighted by Gasteiger charge is -2.24.